The number of amides is 1. The van der Waals surface area contributed by atoms with Gasteiger partial charge in [-0.3, -0.25) is 9.48 Å². The molecule has 1 aromatic heterocycles. The number of ether oxygens (including phenoxy) is 2. The number of fused-ring (bicyclic) bond motifs is 1. The van der Waals surface area contributed by atoms with Crippen molar-refractivity contribution in [1.82, 2.24) is 14.7 Å². The Morgan fingerprint density at radius 3 is 2.68 bits per heavy atom. The monoisotopic (exact) mass is 391 g/mol. The number of hydrogen-bond acceptors (Lipinski definition) is 5. The summed E-state index contributed by atoms with van der Waals surface area (Å²) in [6, 6.07) is 0. The lowest BCUT2D eigenvalue weighted by molar-refractivity contribution is -0.0364. The van der Waals surface area contributed by atoms with Crippen LogP contribution in [-0.2, 0) is 22.4 Å². The zero-order valence-corrected chi connectivity index (χ0v) is 17.3. The van der Waals surface area contributed by atoms with Gasteiger partial charge in [-0.15, -0.1) is 0 Å². The average Bonchev–Trinajstić information content (AvgIpc) is 3.04. The summed E-state index contributed by atoms with van der Waals surface area (Å²) in [6.07, 6.45) is 5.77. The summed E-state index contributed by atoms with van der Waals surface area (Å²) in [6.45, 7) is 6.23. The number of nitrogens with zero attached hydrogens (tertiary/aromatic N) is 3. The van der Waals surface area contributed by atoms with E-state index >= 15 is 0 Å². The quantitative estimate of drug-likeness (QED) is 0.834. The highest BCUT2D eigenvalue weighted by atomic mass is 16.5. The number of carbonyl (C=O) groups is 1. The molecule has 2 atom stereocenters. The van der Waals surface area contributed by atoms with Crippen molar-refractivity contribution in [3.05, 3.63) is 17.0 Å². The normalized spacial score (nSPS) is 32.3. The van der Waals surface area contributed by atoms with Crippen LogP contribution in [0.4, 0.5) is 0 Å². The van der Waals surface area contributed by atoms with Gasteiger partial charge in [-0.1, -0.05) is 0 Å². The van der Waals surface area contributed by atoms with Gasteiger partial charge in [-0.2, -0.15) is 5.10 Å². The Kier molecular flexibility index (Phi) is 5.51. The van der Waals surface area contributed by atoms with Crippen LogP contribution in [0.15, 0.2) is 0 Å². The van der Waals surface area contributed by atoms with Gasteiger partial charge in [0.05, 0.1) is 31.1 Å². The molecule has 3 aliphatic rings. The maximum absolute atomic E-state index is 13.7. The van der Waals surface area contributed by atoms with Crippen LogP contribution < -0.4 is 0 Å². The predicted molar refractivity (Wildman–Crippen MR) is 104 cm³/mol. The largest absolute Gasteiger partial charge is 0.396 e. The first-order chi connectivity index (χ1) is 13.5. The van der Waals surface area contributed by atoms with Gasteiger partial charge in [0, 0.05) is 37.8 Å². The standard InChI is InChI=1S/C21H33N3O4/c1-14-12-17-18(15(2)28-14)22-24(10-11-27-3)19(17)20(26)23-9-8-21(23)6-4-16(13-25)5-7-21/h14-16,25H,4-13H2,1-3H3/t14-,15+,16?,21?/m0/s1. The second-order valence-corrected chi connectivity index (χ2v) is 8.78. The van der Waals surface area contributed by atoms with E-state index in [1.807, 2.05) is 11.6 Å². The van der Waals surface area contributed by atoms with Crippen molar-refractivity contribution in [2.45, 2.75) is 76.7 Å². The van der Waals surface area contributed by atoms with E-state index in [2.05, 4.69) is 11.8 Å². The fourth-order valence-electron chi connectivity index (χ4n) is 5.27. The molecule has 156 valence electrons. The van der Waals surface area contributed by atoms with Crippen LogP contribution in [0.3, 0.4) is 0 Å². The van der Waals surface area contributed by atoms with E-state index < -0.39 is 0 Å². The van der Waals surface area contributed by atoms with Gasteiger partial charge in [-0.05, 0) is 51.9 Å². The average molecular weight is 392 g/mol. The molecule has 2 aliphatic heterocycles. The van der Waals surface area contributed by atoms with Crippen LogP contribution >= 0.6 is 0 Å². The number of carbonyl (C=O) groups excluding carboxylic acids is 1. The predicted octanol–water partition coefficient (Wildman–Crippen LogP) is 2.32. The molecule has 1 saturated carbocycles. The number of aromatic nitrogens is 2. The van der Waals surface area contributed by atoms with Gasteiger partial charge in [0.1, 0.15) is 5.69 Å². The second kappa shape index (κ2) is 7.76. The number of hydrogen-bond donors (Lipinski definition) is 1. The third-order valence-corrected chi connectivity index (χ3v) is 7.02. The molecule has 0 aromatic carbocycles. The van der Waals surface area contributed by atoms with Crippen molar-refractivity contribution in [1.29, 1.82) is 0 Å². The minimum atomic E-state index is -0.0977. The first-order valence-corrected chi connectivity index (χ1v) is 10.7. The molecule has 7 heteroatoms. The second-order valence-electron chi connectivity index (χ2n) is 8.78. The fraction of sp³-hybridized carbons (Fsp3) is 0.810. The minimum Gasteiger partial charge on any atom is -0.396 e. The molecular formula is C21H33N3O4. The van der Waals surface area contributed by atoms with E-state index in [-0.39, 0.29) is 30.3 Å². The lowest BCUT2D eigenvalue weighted by Crippen LogP contribution is -2.63. The van der Waals surface area contributed by atoms with E-state index in [1.54, 1.807) is 7.11 Å². The Balaban J connectivity index is 1.63. The number of methoxy groups -OCH3 is 1. The van der Waals surface area contributed by atoms with Crippen molar-refractivity contribution in [3.63, 3.8) is 0 Å². The van der Waals surface area contributed by atoms with Crippen LogP contribution in [0.25, 0.3) is 0 Å². The van der Waals surface area contributed by atoms with Crippen LogP contribution in [-0.4, -0.2) is 64.2 Å². The van der Waals surface area contributed by atoms with E-state index in [4.69, 9.17) is 14.6 Å². The summed E-state index contributed by atoms with van der Waals surface area (Å²) >= 11 is 0. The SMILES string of the molecule is COCCn1nc2c(c1C(=O)N1CCC13CCC(CO)CC3)C[C@H](C)O[C@@H]2C. The van der Waals surface area contributed by atoms with Crippen molar-refractivity contribution < 1.29 is 19.4 Å². The van der Waals surface area contributed by atoms with Gasteiger partial charge < -0.3 is 19.5 Å². The highest BCUT2D eigenvalue weighted by Gasteiger charge is 2.50. The molecule has 1 saturated heterocycles. The van der Waals surface area contributed by atoms with Crippen molar-refractivity contribution in [3.8, 4) is 0 Å². The van der Waals surface area contributed by atoms with Gasteiger partial charge >= 0.3 is 0 Å². The maximum Gasteiger partial charge on any atom is 0.272 e. The molecule has 7 nitrogen and oxygen atoms in total. The van der Waals surface area contributed by atoms with Crippen LogP contribution in [0.1, 0.15) is 73.8 Å². The molecule has 4 rings (SSSR count). The molecule has 1 amide bonds. The van der Waals surface area contributed by atoms with Gasteiger partial charge in [0.15, 0.2) is 0 Å². The Morgan fingerprint density at radius 2 is 2.07 bits per heavy atom. The Hall–Kier alpha value is -1.44. The van der Waals surface area contributed by atoms with Gasteiger partial charge in [0.25, 0.3) is 5.91 Å². The maximum atomic E-state index is 13.7. The summed E-state index contributed by atoms with van der Waals surface area (Å²) in [4.78, 5) is 15.8. The molecule has 1 aliphatic carbocycles. The molecule has 1 spiro atoms. The third-order valence-electron chi connectivity index (χ3n) is 7.02. The summed E-state index contributed by atoms with van der Waals surface area (Å²) in [5, 5.41) is 14.2. The number of rotatable bonds is 5. The number of likely N-dealkylation sites (tertiary alicyclic amines) is 1. The first kappa shape index (κ1) is 19.9. The summed E-state index contributed by atoms with van der Waals surface area (Å²) in [7, 11) is 1.67. The highest BCUT2D eigenvalue weighted by Crippen LogP contribution is 2.46. The Bertz CT molecular complexity index is 723. The van der Waals surface area contributed by atoms with Crippen molar-refractivity contribution >= 4 is 5.91 Å². The molecule has 1 N–H and O–H groups in total. The van der Waals surface area contributed by atoms with E-state index in [0.29, 0.717) is 19.1 Å². The molecule has 28 heavy (non-hydrogen) atoms. The summed E-state index contributed by atoms with van der Waals surface area (Å²) in [5.41, 5.74) is 2.67. The zero-order valence-electron chi connectivity index (χ0n) is 17.3. The third kappa shape index (κ3) is 3.27. The molecule has 3 heterocycles. The number of aliphatic hydroxyl groups excluding tert-OH is 1. The summed E-state index contributed by atoms with van der Waals surface area (Å²) < 4.78 is 13.0. The molecule has 0 unspecified atom stereocenters. The molecule has 0 bridgehead atoms. The van der Waals surface area contributed by atoms with E-state index in [1.165, 1.54) is 0 Å². The number of aliphatic hydroxyl groups is 1. The smallest absolute Gasteiger partial charge is 0.272 e. The Morgan fingerprint density at radius 1 is 1.32 bits per heavy atom. The minimum absolute atomic E-state index is 0.0195. The van der Waals surface area contributed by atoms with Crippen LogP contribution in [0.2, 0.25) is 0 Å². The van der Waals surface area contributed by atoms with Crippen molar-refractivity contribution in [2.75, 3.05) is 26.9 Å². The van der Waals surface area contributed by atoms with Crippen LogP contribution in [0.5, 0.6) is 0 Å². The molecular weight excluding hydrogens is 358 g/mol. The molecule has 2 fully saturated rings. The van der Waals surface area contributed by atoms with E-state index in [0.717, 1.165) is 62.0 Å². The lowest BCUT2D eigenvalue weighted by Gasteiger charge is -2.56. The zero-order chi connectivity index (χ0) is 19.9. The van der Waals surface area contributed by atoms with Crippen LogP contribution in [0, 0.1) is 5.92 Å². The summed E-state index contributed by atoms with van der Waals surface area (Å²) in [5.74, 6) is 0.502. The Labute approximate surface area is 167 Å². The fourth-order valence-corrected chi connectivity index (χ4v) is 5.27. The topological polar surface area (TPSA) is 76.8 Å². The first-order valence-electron chi connectivity index (χ1n) is 10.7. The highest BCUT2D eigenvalue weighted by molar-refractivity contribution is 5.95. The molecule has 1 aromatic rings. The van der Waals surface area contributed by atoms with Crippen molar-refractivity contribution in [2.24, 2.45) is 5.92 Å². The van der Waals surface area contributed by atoms with Gasteiger partial charge in [0.2, 0.25) is 0 Å². The van der Waals surface area contributed by atoms with E-state index in [9.17, 15) is 9.90 Å². The van der Waals surface area contributed by atoms with Gasteiger partial charge in [-0.25, -0.2) is 0 Å². The molecule has 0 radical (unpaired) electrons. The lowest BCUT2D eigenvalue weighted by atomic mass is 9.69.